The van der Waals surface area contributed by atoms with Gasteiger partial charge in [-0.1, -0.05) is 6.07 Å². The molecule has 3 heterocycles. The number of piperidine rings is 1. The van der Waals surface area contributed by atoms with Crippen LogP contribution in [0.3, 0.4) is 0 Å². The summed E-state index contributed by atoms with van der Waals surface area (Å²) in [5.74, 6) is -0.331. The lowest BCUT2D eigenvalue weighted by atomic mass is 9.92. The maximum Gasteiger partial charge on any atom is 0.227 e. The molecule has 39 heavy (non-hydrogen) atoms. The highest BCUT2D eigenvalue weighted by molar-refractivity contribution is 6.21. The van der Waals surface area contributed by atoms with Gasteiger partial charge >= 0.3 is 0 Å². The van der Waals surface area contributed by atoms with Crippen molar-refractivity contribution in [2.24, 2.45) is 11.8 Å². The van der Waals surface area contributed by atoms with Crippen molar-refractivity contribution in [1.29, 1.82) is 0 Å². The van der Waals surface area contributed by atoms with Crippen LogP contribution in [0.5, 0.6) is 5.75 Å². The van der Waals surface area contributed by atoms with E-state index in [2.05, 4.69) is 20.9 Å². The van der Waals surface area contributed by atoms with Crippen molar-refractivity contribution >= 4 is 23.4 Å². The molecule has 5 N–H and O–H groups in total. The molecule has 4 rings (SSSR count). The van der Waals surface area contributed by atoms with Crippen LogP contribution in [0.25, 0.3) is 0 Å². The van der Waals surface area contributed by atoms with Crippen molar-refractivity contribution in [3.63, 3.8) is 0 Å². The van der Waals surface area contributed by atoms with Crippen molar-refractivity contribution in [1.82, 2.24) is 25.8 Å². The van der Waals surface area contributed by atoms with Gasteiger partial charge < -0.3 is 25.2 Å². The van der Waals surface area contributed by atoms with E-state index in [1.54, 1.807) is 12.1 Å². The minimum atomic E-state index is -0.711. The molecule has 218 valence electrons. The van der Waals surface area contributed by atoms with Crippen molar-refractivity contribution < 1.29 is 28.9 Å². The molecule has 0 saturated carbocycles. The Hall–Kier alpha value is -2.02. The normalized spacial score (nSPS) is 23.1. The number of alkyl halides is 1. The quantitative estimate of drug-likeness (QED) is 0.179. The molecule has 1 aromatic rings. The maximum atomic E-state index is 14.6. The average molecular weight is 570 g/mol. The van der Waals surface area contributed by atoms with Gasteiger partial charge in [-0.3, -0.25) is 25.1 Å². The second kappa shape index (κ2) is 14.6. The lowest BCUT2D eigenvalue weighted by Crippen LogP contribution is -2.62. The van der Waals surface area contributed by atoms with Gasteiger partial charge in [0.1, 0.15) is 17.9 Å². The molecule has 0 spiro atoms. The molecule has 0 aliphatic carbocycles. The van der Waals surface area contributed by atoms with Crippen LogP contribution >= 0.6 is 11.6 Å². The summed E-state index contributed by atoms with van der Waals surface area (Å²) < 4.78 is 20.4. The van der Waals surface area contributed by atoms with Crippen LogP contribution in [0.1, 0.15) is 31.2 Å². The van der Waals surface area contributed by atoms with E-state index in [4.69, 9.17) is 26.6 Å². The summed E-state index contributed by atoms with van der Waals surface area (Å²) >= 11 is 6.13. The minimum absolute atomic E-state index is 0.0899. The first-order valence-electron chi connectivity index (χ1n) is 13.9. The fourth-order valence-corrected chi connectivity index (χ4v) is 5.47. The fraction of sp³-hybridized carbons (Fsp3) is 0.704. The number of ether oxygens (including phenoxy) is 1. The Morgan fingerprint density at radius 3 is 2.49 bits per heavy atom. The van der Waals surface area contributed by atoms with Crippen LogP contribution in [0.4, 0.5) is 4.39 Å². The van der Waals surface area contributed by atoms with E-state index in [0.717, 1.165) is 51.9 Å². The van der Waals surface area contributed by atoms with E-state index in [1.807, 2.05) is 0 Å². The second-order valence-electron chi connectivity index (χ2n) is 10.8. The van der Waals surface area contributed by atoms with E-state index < -0.39 is 17.8 Å². The first-order valence-corrected chi connectivity index (χ1v) is 14.4. The Kier molecular flexibility index (Phi) is 11.2. The summed E-state index contributed by atoms with van der Waals surface area (Å²) in [6.07, 6.45) is 4.40. The van der Waals surface area contributed by atoms with Crippen molar-refractivity contribution in [3.8, 4) is 5.75 Å². The summed E-state index contributed by atoms with van der Waals surface area (Å²) in [6, 6.07) is 3.88. The summed E-state index contributed by atoms with van der Waals surface area (Å²) in [5.41, 5.74) is 0.288. The predicted molar refractivity (Wildman–Crippen MR) is 145 cm³/mol. The molecule has 0 atom stereocenters. The van der Waals surface area contributed by atoms with Crippen LogP contribution in [0.15, 0.2) is 18.2 Å². The van der Waals surface area contributed by atoms with Gasteiger partial charge in [0.05, 0.1) is 43.6 Å². The zero-order valence-electron chi connectivity index (χ0n) is 22.3. The fourth-order valence-electron chi connectivity index (χ4n) is 5.30. The average Bonchev–Trinajstić information content (AvgIpc) is 2.91. The van der Waals surface area contributed by atoms with Crippen LogP contribution in [-0.2, 0) is 16.0 Å². The number of hydrogen-bond donors (Lipinski definition) is 5. The van der Waals surface area contributed by atoms with E-state index in [-0.39, 0.29) is 61.8 Å². The summed E-state index contributed by atoms with van der Waals surface area (Å²) in [4.78, 5) is 28.6. The van der Waals surface area contributed by atoms with Gasteiger partial charge in [-0.25, -0.2) is 4.39 Å². The number of nitrogens with one attached hydrogen (secondary N) is 3. The Morgan fingerprint density at radius 2 is 1.85 bits per heavy atom. The summed E-state index contributed by atoms with van der Waals surface area (Å²) in [6.45, 7) is 4.02. The largest absolute Gasteiger partial charge is 0.493 e. The minimum Gasteiger partial charge on any atom is -0.493 e. The zero-order chi connectivity index (χ0) is 27.8. The number of halogens is 2. The van der Waals surface area contributed by atoms with Crippen LogP contribution in [0, 0.1) is 17.7 Å². The van der Waals surface area contributed by atoms with Crippen molar-refractivity contribution in [3.05, 3.63) is 29.6 Å². The van der Waals surface area contributed by atoms with E-state index in [0.29, 0.717) is 18.3 Å². The summed E-state index contributed by atoms with van der Waals surface area (Å²) in [5, 5.41) is 27.7. The Labute approximate surface area is 234 Å². The molecule has 1 aromatic carbocycles. The Balaban J connectivity index is 1.11. The third kappa shape index (κ3) is 8.48. The second-order valence-corrected chi connectivity index (χ2v) is 11.4. The molecule has 3 aliphatic heterocycles. The third-order valence-corrected chi connectivity index (χ3v) is 8.17. The van der Waals surface area contributed by atoms with Gasteiger partial charge in [-0.15, -0.1) is 11.6 Å². The molecule has 0 radical (unpaired) electrons. The molecule has 10 nitrogen and oxygen atoms in total. The van der Waals surface area contributed by atoms with Crippen LogP contribution in [-0.4, -0.2) is 109 Å². The molecule has 2 amide bonds. The molecule has 0 bridgehead atoms. The monoisotopic (exact) mass is 569 g/mol. The topological polar surface area (TPSA) is 126 Å². The molecule has 3 fully saturated rings. The van der Waals surface area contributed by atoms with Gasteiger partial charge in [0.25, 0.3) is 0 Å². The number of nitrogens with zero attached hydrogens (tertiary/aromatic N) is 2. The van der Waals surface area contributed by atoms with Gasteiger partial charge in [0.2, 0.25) is 11.8 Å². The first kappa shape index (κ1) is 30.0. The highest BCUT2D eigenvalue weighted by Gasteiger charge is 2.36. The third-order valence-electron chi connectivity index (χ3n) is 7.86. The smallest absolute Gasteiger partial charge is 0.227 e. The Bertz CT molecular complexity index is 948. The molecule has 3 aliphatic rings. The van der Waals surface area contributed by atoms with Gasteiger partial charge in [-0.05, 0) is 43.2 Å². The highest BCUT2D eigenvalue weighted by Crippen LogP contribution is 2.24. The molecule has 0 aromatic heterocycles. The zero-order valence-corrected chi connectivity index (χ0v) is 23.0. The van der Waals surface area contributed by atoms with Crippen molar-refractivity contribution in [2.45, 2.75) is 49.8 Å². The number of hydrogen-bond acceptors (Lipinski definition) is 8. The van der Waals surface area contributed by atoms with Crippen LogP contribution in [0.2, 0.25) is 0 Å². The number of carbonyl (C=O) groups is 2. The first-order chi connectivity index (χ1) is 18.9. The SMILES string of the molecule is O=C(NC(CO)CO)C1CN(C(=O)Cc2ccc(OCCCC3CCN(C4NCC(Cl)CN4)CC3)cc2F)C1. The number of amides is 2. The highest BCUT2D eigenvalue weighted by atomic mass is 35.5. The Morgan fingerprint density at radius 1 is 1.15 bits per heavy atom. The number of aliphatic hydroxyl groups is 2. The van der Waals surface area contributed by atoms with E-state index in [1.165, 1.54) is 11.0 Å². The lowest BCUT2D eigenvalue weighted by Gasteiger charge is -2.41. The molecular weight excluding hydrogens is 529 g/mol. The number of likely N-dealkylation sites (tertiary alicyclic amines) is 2. The number of aliphatic hydroxyl groups excluding tert-OH is 2. The van der Waals surface area contributed by atoms with Gasteiger partial charge in [0.15, 0.2) is 0 Å². The molecular formula is C27H41ClFN5O5. The number of benzene rings is 1. The van der Waals surface area contributed by atoms with Crippen LogP contribution < -0.4 is 20.7 Å². The predicted octanol–water partition coefficient (Wildman–Crippen LogP) is 0.251. The maximum absolute atomic E-state index is 14.6. The lowest BCUT2D eigenvalue weighted by molar-refractivity contribution is -0.143. The van der Waals surface area contributed by atoms with Gasteiger partial charge in [-0.2, -0.15) is 0 Å². The molecule has 3 saturated heterocycles. The summed E-state index contributed by atoms with van der Waals surface area (Å²) in [7, 11) is 0. The number of carbonyl (C=O) groups excluding carboxylic acids is 2. The van der Waals surface area contributed by atoms with Gasteiger partial charge in [0, 0.05) is 45.3 Å². The molecule has 12 heteroatoms. The van der Waals surface area contributed by atoms with Crippen molar-refractivity contribution in [2.75, 3.05) is 59.1 Å². The van der Waals surface area contributed by atoms with E-state index in [9.17, 15) is 14.0 Å². The van der Waals surface area contributed by atoms with E-state index >= 15 is 0 Å². The number of rotatable bonds is 12. The molecule has 0 unspecified atom stereocenters. The standard InChI is InChI=1S/C27H41ClFN5O5/c28-21-12-30-27(31-13-21)33-7-5-18(6-8-33)2-1-9-39-23-4-3-19(24(29)11-23)10-25(37)34-14-20(15-34)26(38)32-22(16-35)17-36/h3-4,11,18,20-22,27,30-31,35-36H,1-2,5-10,12-17H2,(H,32,38).